The number of hydrogen-bond acceptors (Lipinski definition) is 0. The van der Waals surface area contributed by atoms with Gasteiger partial charge in [-0.3, -0.25) is 0 Å². The van der Waals surface area contributed by atoms with Crippen molar-refractivity contribution in [3.63, 3.8) is 0 Å². The summed E-state index contributed by atoms with van der Waals surface area (Å²) in [5, 5.41) is 0. The summed E-state index contributed by atoms with van der Waals surface area (Å²) in [5.74, 6) is 5.61. The van der Waals surface area contributed by atoms with E-state index < -0.39 is 0 Å². The SMILES string of the molecule is CC(C)CC(C)C1CC(C)C(C)C1C. The van der Waals surface area contributed by atoms with Gasteiger partial charge in [-0.05, 0) is 48.3 Å². The Morgan fingerprint density at radius 1 is 1.00 bits per heavy atom. The van der Waals surface area contributed by atoms with E-state index in [4.69, 9.17) is 0 Å². The highest BCUT2D eigenvalue weighted by Gasteiger charge is 2.37. The highest BCUT2D eigenvalue weighted by molar-refractivity contribution is 4.87. The van der Waals surface area contributed by atoms with E-state index in [1.807, 2.05) is 0 Å². The van der Waals surface area contributed by atoms with Crippen LogP contribution in [0.2, 0.25) is 0 Å². The van der Waals surface area contributed by atoms with Gasteiger partial charge in [0.15, 0.2) is 0 Å². The highest BCUT2D eigenvalue weighted by atomic mass is 14.4. The zero-order valence-electron chi connectivity index (χ0n) is 10.9. The first-order valence-electron chi connectivity index (χ1n) is 6.43. The maximum atomic E-state index is 2.47. The Bertz CT molecular complexity index is 171. The van der Waals surface area contributed by atoms with Crippen molar-refractivity contribution in [2.45, 2.75) is 54.4 Å². The average molecular weight is 196 g/mol. The Morgan fingerprint density at radius 3 is 1.93 bits per heavy atom. The number of hydrogen-bond donors (Lipinski definition) is 0. The van der Waals surface area contributed by atoms with E-state index in [-0.39, 0.29) is 0 Å². The molecule has 0 aromatic heterocycles. The molecule has 0 heteroatoms. The molecule has 0 spiro atoms. The van der Waals surface area contributed by atoms with E-state index in [0.717, 1.165) is 35.5 Å². The van der Waals surface area contributed by atoms with E-state index in [0.29, 0.717) is 0 Å². The predicted molar refractivity (Wildman–Crippen MR) is 64.2 cm³/mol. The van der Waals surface area contributed by atoms with Crippen molar-refractivity contribution in [2.24, 2.45) is 35.5 Å². The molecular formula is C14H28. The van der Waals surface area contributed by atoms with Crippen LogP contribution < -0.4 is 0 Å². The van der Waals surface area contributed by atoms with Crippen molar-refractivity contribution in [3.8, 4) is 0 Å². The minimum Gasteiger partial charge on any atom is -0.0628 e. The van der Waals surface area contributed by atoms with Crippen LogP contribution in [-0.4, -0.2) is 0 Å². The van der Waals surface area contributed by atoms with Crippen LogP contribution in [0.4, 0.5) is 0 Å². The second-order valence-electron chi connectivity index (χ2n) is 6.20. The van der Waals surface area contributed by atoms with Crippen LogP contribution >= 0.6 is 0 Å². The Morgan fingerprint density at radius 2 is 1.57 bits per heavy atom. The van der Waals surface area contributed by atoms with Gasteiger partial charge >= 0.3 is 0 Å². The Balaban J connectivity index is 2.53. The second kappa shape index (κ2) is 4.68. The molecule has 0 heterocycles. The van der Waals surface area contributed by atoms with Crippen LogP contribution in [0.1, 0.15) is 54.4 Å². The Labute approximate surface area is 90.5 Å². The molecule has 5 unspecified atom stereocenters. The summed E-state index contributed by atoms with van der Waals surface area (Å²) in [4.78, 5) is 0. The topological polar surface area (TPSA) is 0 Å². The molecule has 0 aromatic rings. The molecule has 1 saturated carbocycles. The first kappa shape index (κ1) is 12.1. The molecule has 0 saturated heterocycles. The lowest BCUT2D eigenvalue weighted by Gasteiger charge is -2.26. The third-order valence-corrected chi connectivity index (χ3v) is 4.62. The van der Waals surface area contributed by atoms with Gasteiger partial charge < -0.3 is 0 Å². The van der Waals surface area contributed by atoms with Crippen molar-refractivity contribution in [2.75, 3.05) is 0 Å². The van der Waals surface area contributed by atoms with Gasteiger partial charge in [-0.25, -0.2) is 0 Å². The molecule has 84 valence electrons. The molecule has 14 heavy (non-hydrogen) atoms. The van der Waals surface area contributed by atoms with Gasteiger partial charge in [-0.2, -0.15) is 0 Å². The summed E-state index contributed by atoms with van der Waals surface area (Å²) in [7, 11) is 0. The second-order valence-corrected chi connectivity index (χ2v) is 6.20. The fraction of sp³-hybridized carbons (Fsp3) is 1.00. The summed E-state index contributed by atoms with van der Waals surface area (Å²) in [6.45, 7) is 14.5. The molecule has 0 aromatic carbocycles. The number of rotatable bonds is 3. The summed E-state index contributed by atoms with van der Waals surface area (Å²) in [6, 6.07) is 0. The first-order chi connectivity index (χ1) is 6.43. The van der Waals surface area contributed by atoms with Gasteiger partial charge in [-0.15, -0.1) is 0 Å². The van der Waals surface area contributed by atoms with Gasteiger partial charge in [-0.1, -0.05) is 41.5 Å². The van der Waals surface area contributed by atoms with E-state index in [1.54, 1.807) is 0 Å². The van der Waals surface area contributed by atoms with Crippen molar-refractivity contribution in [1.82, 2.24) is 0 Å². The summed E-state index contributed by atoms with van der Waals surface area (Å²) >= 11 is 0. The molecule has 1 aliphatic carbocycles. The maximum Gasteiger partial charge on any atom is -0.0357 e. The predicted octanol–water partition coefficient (Wildman–Crippen LogP) is 4.60. The largest absolute Gasteiger partial charge is 0.0628 e. The van der Waals surface area contributed by atoms with Crippen LogP contribution in [0, 0.1) is 35.5 Å². The maximum absolute atomic E-state index is 2.47. The minimum atomic E-state index is 0.864. The zero-order valence-corrected chi connectivity index (χ0v) is 10.9. The van der Waals surface area contributed by atoms with Crippen molar-refractivity contribution < 1.29 is 0 Å². The third-order valence-electron chi connectivity index (χ3n) is 4.62. The zero-order chi connectivity index (χ0) is 10.9. The van der Waals surface area contributed by atoms with E-state index in [9.17, 15) is 0 Å². The molecule has 1 fully saturated rings. The average Bonchev–Trinajstić information content (AvgIpc) is 2.32. The third kappa shape index (κ3) is 2.52. The molecule has 0 aliphatic heterocycles. The van der Waals surface area contributed by atoms with Crippen LogP contribution in [0.25, 0.3) is 0 Å². The minimum absolute atomic E-state index is 0.864. The molecule has 5 atom stereocenters. The quantitative estimate of drug-likeness (QED) is 0.619. The van der Waals surface area contributed by atoms with Gasteiger partial charge in [0.25, 0.3) is 0 Å². The van der Waals surface area contributed by atoms with Crippen LogP contribution in [0.3, 0.4) is 0 Å². The molecule has 0 amide bonds. The lowest BCUT2D eigenvalue weighted by molar-refractivity contribution is 0.236. The smallest absolute Gasteiger partial charge is 0.0357 e. The lowest BCUT2D eigenvalue weighted by atomic mass is 9.80. The van der Waals surface area contributed by atoms with Gasteiger partial charge in [0.05, 0.1) is 0 Å². The van der Waals surface area contributed by atoms with Gasteiger partial charge in [0, 0.05) is 0 Å². The fourth-order valence-electron chi connectivity index (χ4n) is 3.44. The van der Waals surface area contributed by atoms with Gasteiger partial charge in [0.2, 0.25) is 0 Å². The first-order valence-corrected chi connectivity index (χ1v) is 6.43. The standard InChI is InChI=1S/C14H28/c1-9(2)7-11(4)14-8-10(3)12(5)13(14)6/h9-14H,7-8H2,1-6H3. The van der Waals surface area contributed by atoms with E-state index >= 15 is 0 Å². The fourth-order valence-corrected chi connectivity index (χ4v) is 3.44. The molecule has 0 N–H and O–H groups in total. The van der Waals surface area contributed by atoms with Crippen molar-refractivity contribution in [3.05, 3.63) is 0 Å². The van der Waals surface area contributed by atoms with Crippen LogP contribution in [0.15, 0.2) is 0 Å². The Kier molecular flexibility index (Phi) is 4.04. The Hall–Kier alpha value is 0. The summed E-state index contributed by atoms with van der Waals surface area (Å²) < 4.78 is 0. The molecule has 0 radical (unpaired) electrons. The molecule has 1 rings (SSSR count). The van der Waals surface area contributed by atoms with Crippen molar-refractivity contribution >= 4 is 0 Å². The summed E-state index contributed by atoms with van der Waals surface area (Å²) in [5.41, 5.74) is 0. The molecule has 1 aliphatic rings. The molecule has 0 bridgehead atoms. The van der Waals surface area contributed by atoms with E-state index in [2.05, 4.69) is 41.5 Å². The van der Waals surface area contributed by atoms with Gasteiger partial charge in [0.1, 0.15) is 0 Å². The molecular weight excluding hydrogens is 168 g/mol. The van der Waals surface area contributed by atoms with Crippen molar-refractivity contribution in [1.29, 1.82) is 0 Å². The van der Waals surface area contributed by atoms with E-state index in [1.165, 1.54) is 12.8 Å². The van der Waals surface area contributed by atoms with Crippen LogP contribution in [0.5, 0.6) is 0 Å². The van der Waals surface area contributed by atoms with Crippen LogP contribution in [-0.2, 0) is 0 Å². The lowest BCUT2D eigenvalue weighted by Crippen LogP contribution is -2.18. The summed E-state index contributed by atoms with van der Waals surface area (Å²) in [6.07, 6.45) is 2.88. The molecule has 0 nitrogen and oxygen atoms in total. The normalized spacial score (nSPS) is 40.5. The monoisotopic (exact) mass is 196 g/mol. The highest BCUT2D eigenvalue weighted by Crippen LogP contribution is 2.45.